The van der Waals surface area contributed by atoms with E-state index in [2.05, 4.69) is 33.7 Å². The fraction of sp³-hybridized carbons (Fsp3) is 0.517. The summed E-state index contributed by atoms with van der Waals surface area (Å²) in [7, 11) is 0. The number of likely N-dealkylation sites (tertiary alicyclic amines) is 1. The molecule has 8 nitrogen and oxygen atoms in total. The fourth-order valence-corrected chi connectivity index (χ4v) is 6.85. The highest BCUT2D eigenvalue weighted by atomic mass is 32.1. The Kier molecular flexibility index (Phi) is 9.28. The summed E-state index contributed by atoms with van der Waals surface area (Å²) in [5, 5.41) is 9.37. The first kappa shape index (κ1) is 31.2. The van der Waals surface area contributed by atoms with Gasteiger partial charge in [-0.1, -0.05) is 0 Å². The monoisotopic (exact) mass is 624 g/mol. The first-order valence-corrected chi connectivity index (χ1v) is 15.0. The van der Waals surface area contributed by atoms with Crippen molar-refractivity contribution in [1.29, 1.82) is 0 Å². The van der Waals surface area contributed by atoms with Gasteiger partial charge in [0.15, 0.2) is 11.6 Å². The highest BCUT2D eigenvalue weighted by Crippen LogP contribution is 2.38. The summed E-state index contributed by atoms with van der Waals surface area (Å²) in [5.41, 5.74) is -0.721. The Balaban J connectivity index is 1.42. The number of nitrogens with zero attached hydrogens (tertiary/aromatic N) is 6. The maximum atomic E-state index is 15.7. The van der Waals surface area contributed by atoms with Gasteiger partial charge < -0.3 is 10.0 Å². The molecule has 0 amide bonds. The van der Waals surface area contributed by atoms with Crippen molar-refractivity contribution in [2.75, 3.05) is 37.6 Å². The molecule has 3 aromatic rings. The lowest BCUT2D eigenvalue weighted by molar-refractivity contribution is -0.138. The molecule has 2 aliphatic heterocycles. The van der Waals surface area contributed by atoms with Gasteiger partial charge >= 0.3 is 12.1 Å². The minimum atomic E-state index is -4.73. The Labute approximate surface area is 250 Å². The number of aliphatic carboxylic acids is 1. The second-order valence-electron chi connectivity index (χ2n) is 11.2. The van der Waals surface area contributed by atoms with Gasteiger partial charge in [-0.2, -0.15) is 13.2 Å². The molecule has 5 rings (SSSR count). The average molecular weight is 625 g/mol. The molecule has 2 fully saturated rings. The molecule has 0 unspecified atom stereocenters. The fourth-order valence-electron chi connectivity index (χ4n) is 5.74. The zero-order valence-corrected chi connectivity index (χ0v) is 24.7. The van der Waals surface area contributed by atoms with E-state index in [1.54, 1.807) is 4.90 Å². The van der Waals surface area contributed by atoms with E-state index in [0.29, 0.717) is 55.2 Å². The Morgan fingerprint density at radius 2 is 1.74 bits per heavy atom. The van der Waals surface area contributed by atoms with Crippen molar-refractivity contribution in [2.45, 2.75) is 64.3 Å². The number of carboxylic acid groups (broad SMARTS) is 1. The summed E-state index contributed by atoms with van der Waals surface area (Å²) in [6, 6.07) is 2.94. The van der Waals surface area contributed by atoms with E-state index >= 15 is 4.39 Å². The smallest absolute Gasteiger partial charge is 0.416 e. The minimum absolute atomic E-state index is 0.00977. The molecule has 1 N–H and O–H groups in total. The molecule has 14 heteroatoms. The van der Waals surface area contributed by atoms with Crippen LogP contribution in [0.3, 0.4) is 0 Å². The van der Waals surface area contributed by atoms with Gasteiger partial charge in [0.2, 0.25) is 0 Å². The number of hydrogen-bond donors (Lipinski definition) is 1. The number of halogens is 5. The number of anilines is 1. The van der Waals surface area contributed by atoms with Crippen LogP contribution in [0.5, 0.6) is 0 Å². The lowest BCUT2D eigenvalue weighted by atomic mass is 10.1. The first-order valence-electron chi connectivity index (χ1n) is 14.2. The molecular formula is C29H33F5N6O2S. The van der Waals surface area contributed by atoms with E-state index in [4.69, 9.17) is 5.11 Å². The number of thiazole rings is 1. The maximum absolute atomic E-state index is 15.7. The summed E-state index contributed by atoms with van der Waals surface area (Å²) in [4.78, 5) is 30.5. The molecule has 2 aliphatic rings. The summed E-state index contributed by atoms with van der Waals surface area (Å²) >= 11 is 1.27. The van der Waals surface area contributed by atoms with Crippen molar-refractivity contribution < 1.29 is 31.9 Å². The van der Waals surface area contributed by atoms with Crippen molar-refractivity contribution >= 4 is 23.1 Å². The van der Waals surface area contributed by atoms with E-state index in [9.17, 15) is 22.4 Å². The van der Waals surface area contributed by atoms with Crippen LogP contribution in [-0.4, -0.2) is 80.6 Å². The predicted octanol–water partition coefficient (Wildman–Crippen LogP) is 5.46. The first-order chi connectivity index (χ1) is 20.4. The van der Waals surface area contributed by atoms with Gasteiger partial charge in [0.1, 0.15) is 12.1 Å². The number of rotatable bonds is 9. The molecule has 1 aromatic carbocycles. The van der Waals surface area contributed by atoms with Gasteiger partial charge in [-0.15, -0.1) is 11.3 Å². The quantitative estimate of drug-likeness (QED) is 0.315. The van der Waals surface area contributed by atoms with Crippen LogP contribution < -0.4 is 4.90 Å². The van der Waals surface area contributed by atoms with Crippen molar-refractivity contribution in [3.8, 4) is 11.3 Å². The number of hydrogen-bond acceptors (Lipinski definition) is 8. The number of alkyl halides is 3. The highest BCUT2D eigenvalue weighted by Gasteiger charge is 2.33. The van der Waals surface area contributed by atoms with Crippen LogP contribution in [0.2, 0.25) is 0 Å². The van der Waals surface area contributed by atoms with Gasteiger partial charge in [0.05, 0.1) is 28.4 Å². The molecule has 0 radical (unpaired) electrons. The number of piperazine rings is 1. The summed E-state index contributed by atoms with van der Waals surface area (Å²) in [5.74, 6) is -2.35. The molecule has 2 atom stereocenters. The summed E-state index contributed by atoms with van der Waals surface area (Å²) in [6.45, 7) is 7.09. The second-order valence-corrected chi connectivity index (χ2v) is 12.3. The number of aromatic nitrogens is 3. The molecule has 0 spiro atoms. The summed E-state index contributed by atoms with van der Waals surface area (Å²) in [6.07, 6.45) is -1.45. The van der Waals surface area contributed by atoms with Crippen molar-refractivity contribution in [2.24, 2.45) is 0 Å². The van der Waals surface area contributed by atoms with Crippen LogP contribution in [0.4, 0.5) is 27.8 Å². The highest BCUT2D eigenvalue weighted by molar-refractivity contribution is 7.12. The van der Waals surface area contributed by atoms with Gasteiger partial charge in [-0.05, 0) is 44.9 Å². The van der Waals surface area contributed by atoms with Gasteiger partial charge in [-0.25, -0.2) is 23.7 Å². The van der Waals surface area contributed by atoms with Crippen molar-refractivity contribution in [3.63, 3.8) is 0 Å². The number of carboxylic acids is 1. The van der Waals surface area contributed by atoms with Crippen LogP contribution >= 0.6 is 11.3 Å². The molecule has 4 heterocycles. The zero-order chi connectivity index (χ0) is 30.9. The van der Waals surface area contributed by atoms with Crippen LogP contribution in [0.25, 0.3) is 11.3 Å². The van der Waals surface area contributed by atoms with Gasteiger partial charge in [0.25, 0.3) is 0 Å². The molecule has 0 bridgehead atoms. The average Bonchev–Trinajstić information content (AvgIpc) is 3.50. The van der Waals surface area contributed by atoms with E-state index in [1.165, 1.54) is 17.7 Å². The molecule has 2 aromatic heterocycles. The van der Waals surface area contributed by atoms with Crippen LogP contribution in [0.15, 0.2) is 24.5 Å². The molecule has 43 heavy (non-hydrogen) atoms. The van der Waals surface area contributed by atoms with E-state index in [1.807, 2.05) is 4.90 Å². The topological polar surface area (TPSA) is 85.7 Å². The second kappa shape index (κ2) is 12.8. The Morgan fingerprint density at radius 3 is 2.40 bits per heavy atom. The van der Waals surface area contributed by atoms with Crippen LogP contribution in [0.1, 0.15) is 54.3 Å². The van der Waals surface area contributed by atoms with Crippen LogP contribution in [0, 0.1) is 11.6 Å². The Morgan fingerprint density at radius 1 is 1.05 bits per heavy atom. The van der Waals surface area contributed by atoms with E-state index in [-0.39, 0.29) is 47.7 Å². The molecule has 0 saturated carbocycles. The third kappa shape index (κ3) is 7.29. The third-order valence-corrected chi connectivity index (χ3v) is 9.22. The summed E-state index contributed by atoms with van der Waals surface area (Å²) < 4.78 is 70.7. The van der Waals surface area contributed by atoms with E-state index in [0.717, 1.165) is 25.0 Å². The van der Waals surface area contributed by atoms with Crippen LogP contribution in [-0.2, 0) is 23.9 Å². The third-order valence-electron chi connectivity index (χ3n) is 8.18. The lowest BCUT2D eigenvalue weighted by Gasteiger charge is -2.35. The normalized spacial score (nSPS) is 20.2. The van der Waals surface area contributed by atoms with Crippen molar-refractivity contribution in [3.05, 3.63) is 57.3 Å². The van der Waals surface area contributed by atoms with E-state index < -0.39 is 29.3 Å². The van der Waals surface area contributed by atoms with Gasteiger partial charge in [-0.3, -0.25) is 14.6 Å². The standard InChI is InChI=1S/C29H33F5N6O2S/c1-17-3-4-18(2)40(17)15-23-27(19-11-20(29(32,33)34)13-21(30)12-19)37-24(43-23)14-22-26(31)28(36-16-35-22)39-9-7-38(8-10-39)6-5-25(41)42/h11-13,16-18H,3-10,14-15H2,1-2H3,(H,41,42)/t17-,18+. The number of carbonyl (C=O) groups is 1. The Hall–Kier alpha value is -3.23. The van der Waals surface area contributed by atoms with Crippen molar-refractivity contribution in [1.82, 2.24) is 24.8 Å². The number of benzene rings is 1. The largest absolute Gasteiger partial charge is 0.481 e. The molecule has 0 aliphatic carbocycles. The minimum Gasteiger partial charge on any atom is -0.481 e. The zero-order valence-electron chi connectivity index (χ0n) is 23.9. The Bertz CT molecular complexity index is 1450. The maximum Gasteiger partial charge on any atom is 0.416 e. The molecular weight excluding hydrogens is 591 g/mol. The lowest BCUT2D eigenvalue weighted by Crippen LogP contribution is -2.47. The molecule has 2 saturated heterocycles. The predicted molar refractivity (Wildman–Crippen MR) is 152 cm³/mol. The SMILES string of the molecule is C[C@@H]1CC[C@H](C)N1Cc1sc(Cc2ncnc(N3CCN(CCC(=O)O)CC3)c2F)nc1-c1cc(F)cc(C(F)(F)F)c1. The molecule has 232 valence electrons. The van der Waals surface area contributed by atoms with Gasteiger partial charge in [0, 0.05) is 68.2 Å².